The third-order valence-electron chi connectivity index (χ3n) is 3.12. The van der Waals surface area contributed by atoms with Crippen molar-refractivity contribution in [3.8, 4) is 0 Å². The zero-order chi connectivity index (χ0) is 13.3. The molecule has 3 nitrogen and oxygen atoms in total. The Morgan fingerprint density at radius 3 is 2.89 bits per heavy atom. The molecular weight excluding hydrogens is 348 g/mol. The van der Waals surface area contributed by atoms with Crippen LogP contribution in [0.2, 0.25) is 0 Å². The molecule has 1 aliphatic rings. The summed E-state index contributed by atoms with van der Waals surface area (Å²) in [6, 6.07) is 4.14. The second kappa shape index (κ2) is 5.13. The van der Waals surface area contributed by atoms with Crippen LogP contribution in [0.3, 0.4) is 0 Å². The normalized spacial score (nSPS) is 24.1. The third kappa shape index (κ3) is 3.00. The number of rotatable bonds is 1. The van der Waals surface area contributed by atoms with Crippen molar-refractivity contribution in [1.29, 1.82) is 0 Å². The van der Waals surface area contributed by atoms with Gasteiger partial charge in [-0.15, -0.1) is 0 Å². The van der Waals surface area contributed by atoms with Gasteiger partial charge in [0.15, 0.2) is 0 Å². The Hall–Kier alpha value is -0.690. The number of nitrogens with zero attached hydrogens (tertiary/aromatic N) is 1. The van der Waals surface area contributed by atoms with Gasteiger partial charge in [-0.2, -0.15) is 0 Å². The number of halogens is 2. The number of piperidine rings is 1. The van der Waals surface area contributed by atoms with Gasteiger partial charge in [0.2, 0.25) is 0 Å². The molecule has 0 bridgehead atoms. The van der Waals surface area contributed by atoms with Crippen molar-refractivity contribution in [3.05, 3.63) is 33.1 Å². The van der Waals surface area contributed by atoms with Crippen LogP contribution in [-0.2, 0) is 0 Å². The van der Waals surface area contributed by atoms with Gasteiger partial charge in [-0.3, -0.25) is 4.79 Å². The summed E-state index contributed by atoms with van der Waals surface area (Å²) in [5.41, 5.74) is -0.325. The maximum atomic E-state index is 13.0. The van der Waals surface area contributed by atoms with E-state index in [9.17, 15) is 14.3 Å². The van der Waals surface area contributed by atoms with Gasteiger partial charge in [0.05, 0.1) is 11.2 Å². The highest BCUT2D eigenvalue weighted by atomic mass is 127. The monoisotopic (exact) mass is 363 g/mol. The average Bonchev–Trinajstić information content (AvgIpc) is 2.27. The second-order valence-corrected chi connectivity index (χ2v) is 6.11. The van der Waals surface area contributed by atoms with E-state index < -0.39 is 5.60 Å². The van der Waals surface area contributed by atoms with Gasteiger partial charge in [-0.1, -0.05) is 0 Å². The van der Waals surface area contributed by atoms with Gasteiger partial charge >= 0.3 is 0 Å². The number of aliphatic hydroxyl groups is 1. The number of hydrogen-bond acceptors (Lipinski definition) is 2. The van der Waals surface area contributed by atoms with E-state index in [1.807, 2.05) is 22.6 Å². The summed E-state index contributed by atoms with van der Waals surface area (Å²) in [4.78, 5) is 13.9. The Labute approximate surface area is 119 Å². The summed E-state index contributed by atoms with van der Waals surface area (Å²) in [6.45, 7) is 2.71. The number of amides is 1. The van der Waals surface area contributed by atoms with E-state index in [4.69, 9.17) is 0 Å². The molecule has 98 valence electrons. The maximum Gasteiger partial charge on any atom is 0.255 e. The Bertz CT molecular complexity index is 476. The number of likely N-dealkylation sites (tertiary alicyclic amines) is 1. The van der Waals surface area contributed by atoms with Gasteiger partial charge < -0.3 is 10.0 Å². The SMILES string of the molecule is CC1(O)CCCN(C(=O)c2ccc(F)cc2I)C1. The Kier molecular flexibility index (Phi) is 3.91. The third-order valence-corrected chi connectivity index (χ3v) is 4.02. The molecule has 0 radical (unpaired) electrons. The molecule has 2 rings (SSSR count). The van der Waals surface area contributed by atoms with E-state index in [0.717, 1.165) is 6.42 Å². The molecule has 1 unspecified atom stereocenters. The van der Waals surface area contributed by atoms with Gasteiger partial charge in [0, 0.05) is 16.7 Å². The lowest BCUT2D eigenvalue weighted by Gasteiger charge is -2.37. The minimum atomic E-state index is -0.820. The van der Waals surface area contributed by atoms with Crippen LogP contribution in [0, 0.1) is 9.39 Å². The lowest BCUT2D eigenvalue weighted by atomic mass is 9.94. The minimum absolute atomic E-state index is 0.139. The summed E-state index contributed by atoms with van der Waals surface area (Å²) in [6.07, 6.45) is 1.49. The Balaban J connectivity index is 2.20. The molecule has 1 aromatic carbocycles. The fourth-order valence-electron chi connectivity index (χ4n) is 2.23. The van der Waals surface area contributed by atoms with E-state index in [1.165, 1.54) is 18.2 Å². The number of carbonyl (C=O) groups is 1. The first-order chi connectivity index (χ1) is 8.39. The lowest BCUT2D eigenvalue weighted by molar-refractivity contribution is -0.0107. The van der Waals surface area contributed by atoms with Crippen LogP contribution in [0.5, 0.6) is 0 Å². The molecule has 1 aliphatic heterocycles. The standard InChI is InChI=1S/C13H15FINO2/c1-13(18)5-2-6-16(8-13)12(17)10-4-3-9(14)7-11(10)15/h3-4,7,18H,2,5-6,8H2,1H3. The average molecular weight is 363 g/mol. The summed E-state index contributed by atoms with van der Waals surface area (Å²) in [5, 5.41) is 10.00. The Morgan fingerprint density at radius 2 is 2.28 bits per heavy atom. The van der Waals surface area contributed by atoms with E-state index in [-0.39, 0.29) is 11.7 Å². The van der Waals surface area contributed by atoms with Crippen molar-refractivity contribution in [2.24, 2.45) is 0 Å². The molecule has 1 heterocycles. The molecule has 1 atom stereocenters. The molecular formula is C13H15FINO2. The summed E-state index contributed by atoms with van der Waals surface area (Å²) < 4.78 is 13.6. The van der Waals surface area contributed by atoms with Crippen LogP contribution in [0.4, 0.5) is 4.39 Å². The molecule has 0 aliphatic carbocycles. The zero-order valence-corrected chi connectivity index (χ0v) is 12.3. The topological polar surface area (TPSA) is 40.5 Å². The van der Waals surface area contributed by atoms with Crippen LogP contribution in [-0.4, -0.2) is 34.6 Å². The van der Waals surface area contributed by atoms with Crippen molar-refractivity contribution >= 4 is 28.5 Å². The van der Waals surface area contributed by atoms with Crippen LogP contribution in [0.25, 0.3) is 0 Å². The highest BCUT2D eigenvalue weighted by Crippen LogP contribution is 2.23. The smallest absolute Gasteiger partial charge is 0.255 e. The van der Waals surface area contributed by atoms with Crippen molar-refractivity contribution in [2.45, 2.75) is 25.4 Å². The highest BCUT2D eigenvalue weighted by molar-refractivity contribution is 14.1. The molecule has 0 aromatic heterocycles. The van der Waals surface area contributed by atoms with Crippen LogP contribution < -0.4 is 0 Å². The molecule has 1 aromatic rings. The lowest BCUT2D eigenvalue weighted by Crippen LogP contribution is -2.48. The first-order valence-corrected chi connectivity index (χ1v) is 6.94. The zero-order valence-electron chi connectivity index (χ0n) is 10.1. The number of hydrogen-bond donors (Lipinski definition) is 1. The molecule has 1 fully saturated rings. The van der Waals surface area contributed by atoms with E-state index >= 15 is 0 Å². The summed E-state index contributed by atoms with van der Waals surface area (Å²) >= 11 is 1.96. The van der Waals surface area contributed by atoms with Crippen molar-refractivity contribution in [1.82, 2.24) is 4.90 Å². The fraction of sp³-hybridized carbons (Fsp3) is 0.462. The van der Waals surface area contributed by atoms with Crippen LogP contribution >= 0.6 is 22.6 Å². The first-order valence-electron chi connectivity index (χ1n) is 5.86. The van der Waals surface area contributed by atoms with Gasteiger partial charge in [0.1, 0.15) is 5.82 Å². The molecule has 0 spiro atoms. The quantitative estimate of drug-likeness (QED) is 0.779. The number of carbonyl (C=O) groups excluding carboxylic acids is 1. The van der Waals surface area contributed by atoms with E-state index in [0.29, 0.717) is 28.6 Å². The summed E-state index contributed by atoms with van der Waals surface area (Å²) in [5.74, 6) is -0.485. The molecule has 5 heteroatoms. The molecule has 0 saturated carbocycles. The maximum absolute atomic E-state index is 13.0. The van der Waals surface area contributed by atoms with Crippen molar-refractivity contribution in [2.75, 3.05) is 13.1 Å². The predicted octanol–water partition coefficient (Wildman–Crippen LogP) is 2.42. The van der Waals surface area contributed by atoms with Crippen LogP contribution in [0.1, 0.15) is 30.1 Å². The van der Waals surface area contributed by atoms with Crippen molar-refractivity contribution < 1.29 is 14.3 Å². The van der Waals surface area contributed by atoms with E-state index in [2.05, 4.69) is 0 Å². The highest BCUT2D eigenvalue weighted by Gasteiger charge is 2.31. The van der Waals surface area contributed by atoms with Gasteiger partial charge in [0.25, 0.3) is 5.91 Å². The molecule has 1 amide bonds. The largest absolute Gasteiger partial charge is 0.388 e. The van der Waals surface area contributed by atoms with E-state index in [1.54, 1.807) is 11.8 Å². The molecule has 1 N–H and O–H groups in total. The summed E-state index contributed by atoms with van der Waals surface area (Å²) in [7, 11) is 0. The predicted molar refractivity (Wildman–Crippen MR) is 74.9 cm³/mol. The second-order valence-electron chi connectivity index (χ2n) is 4.95. The molecule has 1 saturated heterocycles. The van der Waals surface area contributed by atoms with Gasteiger partial charge in [-0.05, 0) is 60.6 Å². The number of β-amino-alcohol motifs (C(OH)–C–C–N with tert-alkyl or cyclic N) is 1. The molecule has 18 heavy (non-hydrogen) atoms. The number of benzene rings is 1. The van der Waals surface area contributed by atoms with Crippen LogP contribution in [0.15, 0.2) is 18.2 Å². The van der Waals surface area contributed by atoms with Crippen molar-refractivity contribution in [3.63, 3.8) is 0 Å². The minimum Gasteiger partial charge on any atom is -0.388 e. The van der Waals surface area contributed by atoms with Gasteiger partial charge in [-0.25, -0.2) is 4.39 Å². The Morgan fingerprint density at radius 1 is 1.56 bits per heavy atom. The first kappa shape index (κ1) is 13.7. The fourth-order valence-corrected chi connectivity index (χ4v) is 2.93.